The fraction of sp³-hybridized carbons (Fsp3) is 0.200. The molecule has 0 aliphatic carbocycles. The Morgan fingerprint density at radius 1 is 1.20 bits per heavy atom. The number of aryl methyl sites for hydroxylation is 1. The summed E-state index contributed by atoms with van der Waals surface area (Å²) in [6.45, 7) is 2.47. The van der Waals surface area contributed by atoms with E-state index in [9.17, 15) is 10.1 Å². The molecule has 4 nitrogen and oxygen atoms in total. The molecule has 104 valence electrons. The van der Waals surface area contributed by atoms with Crippen molar-refractivity contribution in [2.75, 3.05) is 0 Å². The molecule has 0 saturated carbocycles. The Hall–Kier alpha value is -1.88. The zero-order valence-corrected chi connectivity index (χ0v) is 12.6. The van der Waals surface area contributed by atoms with Gasteiger partial charge in [-0.05, 0) is 30.2 Å². The number of ether oxygens (including phenoxy) is 1. The fourth-order valence-corrected chi connectivity index (χ4v) is 2.23. The SMILES string of the molecule is CCc1ccc(OCc2ccc([N+](=O)[O-])cc2Br)cc1. The van der Waals surface area contributed by atoms with Crippen molar-refractivity contribution < 1.29 is 9.66 Å². The van der Waals surface area contributed by atoms with Crippen LogP contribution in [-0.4, -0.2) is 4.92 Å². The maximum absolute atomic E-state index is 10.7. The van der Waals surface area contributed by atoms with Crippen LogP contribution in [0.2, 0.25) is 0 Å². The van der Waals surface area contributed by atoms with Crippen LogP contribution in [0, 0.1) is 10.1 Å². The van der Waals surface area contributed by atoms with Gasteiger partial charge in [-0.2, -0.15) is 0 Å². The number of hydrogen-bond donors (Lipinski definition) is 0. The van der Waals surface area contributed by atoms with Crippen LogP contribution < -0.4 is 4.74 Å². The van der Waals surface area contributed by atoms with Crippen molar-refractivity contribution in [1.82, 2.24) is 0 Å². The van der Waals surface area contributed by atoms with Crippen LogP contribution in [0.4, 0.5) is 5.69 Å². The predicted octanol–water partition coefficient (Wildman–Crippen LogP) is 4.50. The minimum atomic E-state index is -0.418. The molecule has 0 amide bonds. The number of hydrogen-bond acceptors (Lipinski definition) is 3. The number of benzene rings is 2. The summed E-state index contributed by atoms with van der Waals surface area (Å²) in [7, 11) is 0. The van der Waals surface area contributed by atoms with Crippen molar-refractivity contribution in [2.45, 2.75) is 20.0 Å². The average molecular weight is 336 g/mol. The summed E-state index contributed by atoms with van der Waals surface area (Å²) < 4.78 is 6.35. The van der Waals surface area contributed by atoms with Gasteiger partial charge in [-0.3, -0.25) is 10.1 Å². The predicted molar refractivity (Wildman–Crippen MR) is 80.9 cm³/mol. The molecule has 0 unspecified atom stereocenters. The molecule has 0 bridgehead atoms. The number of nitro groups is 1. The summed E-state index contributed by atoms with van der Waals surface area (Å²) in [4.78, 5) is 10.2. The van der Waals surface area contributed by atoms with E-state index in [1.165, 1.54) is 17.7 Å². The van der Waals surface area contributed by atoms with Gasteiger partial charge in [-0.15, -0.1) is 0 Å². The summed E-state index contributed by atoms with van der Waals surface area (Å²) in [6.07, 6.45) is 0.994. The van der Waals surface area contributed by atoms with Gasteiger partial charge >= 0.3 is 0 Å². The Morgan fingerprint density at radius 2 is 1.90 bits per heavy atom. The first-order valence-corrected chi connectivity index (χ1v) is 7.04. The fourth-order valence-electron chi connectivity index (χ4n) is 1.75. The molecule has 0 radical (unpaired) electrons. The zero-order chi connectivity index (χ0) is 14.5. The lowest BCUT2D eigenvalue weighted by atomic mass is 10.2. The van der Waals surface area contributed by atoms with E-state index >= 15 is 0 Å². The Bertz CT molecular complexity index is 611. The van der Waals surface area contributed by atoms with E-state index in [1.807, 2.05) is 24.3 Å². The second-order valence-corrected chi connectivity index (χ2v) is 5.17. The largest absolute Gasteiger partial charge is 0.489 e. The Balaban J connectivity index is 2.04. The zero-order valence-electron chi connectivity index (χ0n) is 11.0. The third kappa shape index (κ3) is 3.57. The second-order valence-electron chi connectivity index (χ2n) is 4.32. The van der Waals surface area contributed by atoms with E-state index in [2.05, 4.69) is 22.9 Å². The van der Waals surface area contributed by atoms with Gasteiger partial charge in [0.05, 0.1) is 4.92 Å². The minimum absolute atomic E-state index is 0.0629. The number of rotatable bonds is 5. The number of halogens is 1. The lowest BCUT2D eigenvalue weighted by Gasteiger charge is -2.08. The summed E-state index contributed by atoms with van der Waals surface area (Å²) >= 11 is 3.33. The number of nitro benzene ring substituents is 1. The van der Waals surface area contributed by atoms with Gasteiger partial charge in [-0.1, -0.05) is 35.0 Å². The molecule has 0 N–H and O–H groups in total. The summed E-state index contributed by atoms with van der Waals surface area (Å²) in [6, 6.07) is 12.6. The quantitative estimate of drug-likeness (QED) is 0.597. The molecule has 2 rings (SSSR count). The maximum atomic E-state index is 10.7. The Morgan fingerprint density at radius 3 is 2.45 bits per heavy atom. The van der Waals surface area contributed by atoms with Crippen LogP contribution in [0.1, 0.15) is 18.1 Å². The Kier molecular flexibility index (Phi) is 4.74. The first-order chi connectivity index (χ1) is 9.60. The van der Waals surface area contributed by atoms with Gasteiger partial charge < -0.3 is 4.74 Å². The molecule has 2 aromatic carbocycles. The van der Waals surface area contributed by atoms with Crippen molar-refractivity contribution in [3.63, 3.8) is 0 Å². The van der Waals surface area contributed by atoms with E-state index < -0.39 is 4.92 Å². The van der Waals surface area contributed by atoms with Crippen molar-refractivity contribution in [2.24, 2.45) is 0 Å². The smallest absolute Gasteiger partial charge is 0.270 e. The van der Waals surface area contributed by atoms with Crippen LogP contribution >= 0.6 is 15.9 Å². The molecule has 5 heteroatoms. The second kappa shape index (κ2) is 6.52. The van der Waals surface area contributed by atoms with Crippen LogP contribution in [-0.2, 0) is 13.0 Å². The molecule has 0 aliphatic rings. The molecule has 0 spiro atoms. The standard InChI is InChI=1S/C15H14BrNO3/c1-2-11-3-7-14(8-4-11)20-10-12-5-6-13(17(18)19)9-15(12)16/h3-9H,2,10H2,1H3. The first kappa shape index (κ1) is 14.5. The third-order valence-corrected chi connectivity index (χ3v) is 3.71. The molecular weight excluding hydrogens is 322 g/mol. The van der Waals surface area contributed by atoms with Crippen molar-refractivity contribution in [3.8, 4) is 5.75 Å². The average Bonchev–Trinajstić information content (AvgIpc) is 2.46. The van der Waals surface area contributed by atoms with Crippen molar-refractivity contribution in [1.29, 1.82) is 0 Å². The number of non-ortho nitro benzene ring substituents is 1. The van der Waals surface area contributed by atoms with Gasteiger partial charge in [0.2, 0.25) is 0 Å². The molecule has 0 atom stereocenters. The summed E-state index contributed by atoms with van der Waals surface area (Å²) in [5.74, 6) is 0.785. The van der Waals surface area contributed by atoms with E-state index in [-0.39, 0.29) is 5.69 Å². The van der Waals surface area contributed by atoms with E-state index in [1.54, 1.807) is 6.07 Å². The Labute approximate surface area is 125 Å². The van der Waals surface area contributed by atoms with Crippen LogP contribution in [0.5, 0.6) is 5.75 Å². The molecule has 0 saturated heterocycles. The van der Waals surface area contributed by atoms with Gasteiger partial charge in [0.15, 0.2) is 0 Å². The maximum Gasteiger partial charge on any atom is 0.270 e. The van der Waals surface area contributed by atoms with Crippen LogP contribution in [0.15, 0.2) is 46.9 Å². The molecule has 0 heterocycles. The topological polar surface area (TPSA) is 52.4 Å². The molecular formula is C15H14BrNO3. The molecule has 20 heavy (non-hydrogen) atoms. The van der Waals surface area contributed by atoms with E-state index in [4.69, 9.17) is 4.74 Å². The summed E-state index contributed by atoms with van der Waals surface area (Å²) in [5.41, 5.74) is 2.19. The molecule has 0 fully saturated rings. The summed E-state index contributed by atoms with van der Waals surface area (Å²) in [5, 5.41) is 10.7. The lowest BCUT2D eigenvalue weighted by Crippen LogP contribution is -1.97. The van der Waals surface area contributed by atoms with E-state index in [0.717, 1.165) is 17.7 Å². The van der Waals surface area contributed by atoms with Gasteiger partial charge in [-0.25, -0.2) is 0 Å². The van der Waals surface area contributed by atoms with Crippen LogP contribution in [0.25, 0.3) is 0 Å². The minimum Gasteiger partial charge on any atom is -0.489 e. The van der Waals surface area contributed by atoms with Crippen LogP contribution in [0.3, 0.4) is 0 Å². The van der Waals surface area contributed by atoms with Gasteiger partial charge in [0.1, 0.15) is 12.4 Å². The normalized spacial score (nSPS) is 10.3. The highest BCUT2D eigenvalue weighted by Gasteiger charge is 2.09. The molecule has 0 aliphatic heterocycles. The van der Waals surface area contributed by atoms with Gasteiger partial charge in [0.25, 0.3) is 5.69 Å². The van der Waals surface area contributed by atoms with Crippen molar-refractivity contribution in [3.05, 3.63) is 68.2 Å². The highest BCUT2D eigenvalue weighted by molar-refractivity contribution is 9.10. The first-order valence-electron chi connectivity index (χ1n) is 6.24. The number of nitrogens with zero attached hydrogens (tertiary/aromatic N) is 1. The lowest BCUT2D eigenvalue weighted by molar-refractivity contribution is -0.384. The van der Waals surface area contributed by atoms with Crippen molar-refractivity contribution >= 4 is 21.6 Å². The highest BCUT2D eigenvalue weighted by Crippen LogP contribution is 2.24. The van der Waals surface area contributed by atoms with Gasteiger partial charge in [0, 0.05) is 22.2 Å². The van der Waals surface area contributed by atoms with E-state index in [0.29, 0.717) is 11.1 Å². The molecule has 2 aromatic rings. The third-order valence-electron chi connectivity index (χ3n) is 2.97. The molecule has 0 aromatic heterocycles. The highest BCUT2D eigenvalue weighted by atomic mass is 79.9. The monoisotopic (exact) mass is 335 g/mol.